The molecule has 0 unspecified atom stereocenters. The molecule has 0 radical (unpaired) electrons. The molecule has 2 aromatic heterocycles. The molecule has 1 aliphatic rings. The molecule has 0 atom stereocenters. The molecule has 122 valence electrons. The average molecular weight is 335 g/mol. The summed E-state index contributed by atoms with van der Waals surface area (Å²) in [5.41, 5.74) is 0.497. The minimum absolute atomic E-state index is 0.142. The Morgan fingerprint density at radius 1 is 1.35 bits per heavy atom. The fourth-order valence-corrected chi connectivity index (χ4v) is 3.99. The SMILES string of the molecule is Cc1c(C(=O)N2CCC(C(=O)O)CC2)sc2ncn(C)c(=O)c12. The van der Waals surface area contributed by atoms with Crippen LogP contribution in [0.25, 0.3) is 10.2 Å². The molecule has 3 rings (SSSR count). The first kappa shape index (κ1) is 15.7. The minimum Gasteiger partial charge on any atom is -0.481 e. The Bertz CT molecular complexity index is 846. The number of aromatic nitrogens is 2. The number of piperidine rings is 1. The number of likely N-dealkylation sites (tertiary alicyclic amines) is 1. The maximum atomic E-state index is 12.7. The first-order valence-corrected chi connectivity index (χ1v) is 8.18. The van der Waals surface area contributed by atoms with Crippen LogP contribution in [0.15, 0.2) is 11.1 Å². The second-order valence-corrected chi connectivity index (χ2v) is 6.80. The van der Waals surface area contributed by atoms with E-state index in [1.54, 1.807) is 18.9 Å². The van der Waals surface area contributed by atoms with E-state index in [0.29, 0.717) is 46.6 Å². The number of nitrogens with zero attached hydrogens (tertiary/aromatic N) is 3. The van der Waals surface area contributed by atoms with Crippen LogP contribution in [-0.4, -0.2) is 44.5 Å². The van der Waals surface area contributed by atoms with E-state index in [-0.39, 0.29) is 17.4 Å². The fraction of sp³-hybridized carbons (Fsp3) is 0.467. The van der Waals surface area contributed by atoms with E-state index in [2.05, 4.69) is 4.98 Å². The van der Waals surface area contributed by atoms with Crippen molar-refractivity contribution in [1.82, 2.24) is 14.5 Å². The fourth-order valence-electron chi connectivity index (χ4n) is 2.89. The van der Waals surface area contributed by atoms with Crippen molar-refractivity contribution in [2.75, 3.05) is 13.1 Å². The summed E-state index contributed by atoms with van der Waals surface area (Å²) in [6.45, 7) is 2.61. The van der Waals surface area contributed by atoms with Crippen LogP contribution in [0.2, 0.25) is 0 Å². The quantitative estimate of drug-likeness (QED) is 0.891. The molecule has 1 N–H and O–H groups in total. The van der Waals surface area contributed by atoms with Gasteiger partial charge in [-0.15, -0.1) is 11.3 Å². The Morgan fingerprint density at radius 2 is 2.00 bits per heavy atom. The van der Waals surface area contributed by atoms with Crippen molar-refractivity contribution >= 4 is 33.4 Å². The molecule has 1 amide bonds. The van der Waals surface area contributed by atoms with E-state index < -0.39 is 5.97 Å². The molecule has 0 aromatic carbocycles. The van der Waals surface area contributed by atoms with Crippen molar-refractivity contribution in [3.05, 3.63) is 27.1 Å². The Kier molecular flexibility index (Phi) is 3.93. The van der Waals surface area contributed by atoms with Crippen LogP contribution in [0.4, 0.5) is 0 Å². The molecule has 0 spiro atoms. The summed E-state index contributed by atoms with van der Waals surface area (Å²) in [6.07, 6.45) is 2.38. The highest BCUT2D eigenvalue weighted by Gasteiger charge is 2.29. The highest BCUT2D eigenvalue weighted by atomic mass is 32.1. The van der Waals surface area contributed by atoms with Crippen LogP contribution in [0.5, 0.6) is 0 Å². The number of carbonyl (C=O) groups excluding carboxylic acids is 1. The number of aliphatic carboxylic acids is 1. The van der Waals surface area contributed by atoms with Gasteiger partial charge >= 0.3 is 5.97 Å². The predicted molar refractivity (Wildman–Crippen MR) is 85.9 cm³/mol. The lowest BCUT2D eigenvalue weighted by Crippen LogP contribution is -2.40. The molecular weight excluding hydrogens is 318 g/mol. The lowest BCUT2D eigenvalue weighted by atomic mass is 9.97. The van der Waals surface area contributed by atoms with Crippen molar-refractivity contribution < 1.29 is 14.7 Å². The van der Waals surface area contributed by atoms with Gasteiger partial charge in [0.15, 0.2) is 0 Å². The van der Waals surface area contributed by atoms with E-state index >= 15 is 0 Å². The van der Waals surface area contributed by atoms with Crippen LogP contribution in [-0.2, 0) is 11.8 Å². The minimum atomic E-state index is -0.803. The second kappa shape index (κ2) is 5.77. The molecule has 23 heavy (non-hydrogen) atoms. The van der Waals surface area contributed by atoms with Gasteiger partial charge in [0.2, 0.25) is 0 Å². The molecule has 7 nitrogen and oxygen atoms in total. The molecule has 3 heterocycles. The molecule has 0 saturated carbocycles. The molecule has 1 saturated heterocycles. The van der Waals surface area contributed by atoms with Gasteiger partial charge in [-0.1, -0.05) is 0 Å². The van der Waals surface area contributed by atoms with E-state index in [1.165, 1.54) is 22.2 Å². The number of fused-ring (bicyclic) bond motifs is 1. The summed E-state index contributed by atoms with van der Waals surface area (Å²) in [6, 6.07) is 0. The van der Waals surface area contributed by atoms with Crippen LogP contribution < -0.4 is 5.56 Å². The Morgan fingerprint density at radius 3 is 2.61 bits per heavy atom. The van der Waals surface area contributed by atoms with Crippen molar-refractivity contribution in [2.24, 2.45) is 13.0 Å². The summed E-state index contributed by atoms with van der Waals surface area (Å²) in [7, 11) is 1.63. The summed E-state index contributed by atoms with van der Waals surface area (Å²) in [5.74, 6) is -1.32. The normalized spacial score (nSPS) is 16.0. The molecule has 0 aliphatic carbocycles. The van der Waals surface area contributed by atoms with Crippen LogP contribution in [0.3, 0.4) is 0 Å². The predicted octanol–water partition coefficient (Wildman–Crippen LogP) is 1.24. The van der Waals surface area contributed by atoms with Gasteiger partial charge in [-0.05, 0) is 25.3 Å². The van der Waals surface area contributed by atoms with Crippen molar-refractivity contribution in [3.8, 4) is 0 Å². The van der Waals surface area contributed by atoms with Crippen molar-refractivity contribution in [3.63, 3.8) is 0 Å². The highest BCUT2D eigenvalue weighted by molar-refractivity contribution is 7.20. The molecular formula is C15H17N3O4S. The number of carboxylic acids is 1. The van der Waals surface area contributed by atoms with Gasteiger partial charge < -0.3 is 14.6 Å². The van der Waals surface area contributed by atoms with Crippen molar-refractivity contribution in [1.29, 1.82) is 0 Å². The third-order valence-electron chi connectivity index (χ3n) is 4.34. The Labute approximate surface area is 136 Å². The first-order valence-electron chi connectivity index (χ1n) is 7.37. The number of carboxylic acid groups (broad SMARTS) is 1. The van der Waals surface area contributed by atoms with Gasteiger partial charge in [0.25, 0.3) is 11.5 Å². The number of hydrogen-bond donors (Lipinski definition) is 1. The van der Waals surface area contributed by atoms with Gasteiger partial charge in [0, 0.05) is 20.1 Å². The van der Waals surface area contributed by atoms with Crippen LogP contribution >= 0.6 is 11.3 Å². The standard InChI is InChI=1S/C15H17N3O4S/c1-8-10-12(16-7-17(2)13(10)19)23-11(8)14(20)18-5-3-9(4-6-18)15(21)22/h7,9H,3-6H2,1-2H3,(H,21,22). The van der Waals surface area contributed by atoms with Gasteiger partial charge in [0.05, 0.1) is 22.5 Å². The average Bonchev–Trinajstić information content (AvgIpc) is 2.88. The number of rotatable bonds is 2. The van der Waals surface area contributed by atoms with E-state index in [4.69, 9.17) is 5.11 Å². The largest absolute Gasteiger partial charge is 0.481 e. The zero-order chi connectivity index (χ0) is 16.7. The third kappa shape index (κ3) is 2.63. The van der Waals surface area contributed by atoms with E-state index in [0.717, 1.165) is 0 Å². The molecule has 1 fully saturated rings. The van der Waals surface area contributed by atoms with Gasteiger partial charge in [-0.3, -0.25) is 14.4 Å². The summed E-state index contributed by atoms with van der Waals surface area (Å²) < 4.78 is 1.40. The summed E-state index contributed by atoms with van der Waals surface area (Å²) in [5, 5.41) is 9.52. The number of hydrogen-bond acceptors (Lipinski definition) is 5. The Balaban J connectivity index is 1.91. The number of aryl methyl sites for hydroxylation is 2. The highest BCUT2D eigenvalue weighted by Crippen LogP contribution is 2.29. The number of amides is 1. The maximum absolute atomic E-state index is 12.7. The lowest BCUT2D eigenvalue weighted by Gasteiger charge is -2.29. The molecule has 0 bridgehead atoms. The summed E-state index contributed by atoms with van der Waals surface area (Å²) >= 11 is 1.22. The zero-order valence-corrected chi connectivity index (χ0v) is 13.7. The smallest absolute Gasteiger partial charge is 0.306 e. The third-order valence-corrected chi connectivity index (χ3v) is 5.52. The lowest BCUT2D eigenvalue weighted by molar-refractivity contribution is -0.143. The second-order valence-electron chi connectivity index (χ2n) is 5.80. The van der Waals surface area contributed by atoms with E-state index in [9.17, 15) is 14.4 Å². The van der Waals surface area contributed by atoms with Crippen LogP contribution in [0, 0.1) is 12.8 Å². The van der Waals surface area contributed by atoms with Gasteiger partial charge in [-0.2, -0.15) is 0 Å². The molecule has 8 heteroatoms. The van der Waals surface area contributed by atoms with Gasteiger partial charge in [0.1, 0.15) is 4.83 Å². The molecule has 1 aliphatic heterocycles. The van der Waals surface area contributed by atoms with Crippen LogP contribution in [0.1, 0.15) is 28.1 Å². The van der Waals surface area contributed by atoms with Gasteiger partial charge in [-0.25, -0.2) is 4.98 Å². The number of thiophene rings is 1. The monoisotopic (exact) mass is 335 g/mol. The van der Waals surface area contributed by atoms with Crippen molar-refractivity contribution in [2.45, 2.75) is 19.8 Å². The van der Waals surface area contributed by atoms with E-state index in [1.807, 2.05) is 0 Å². The number of carbonyl (C=O) groups is 2. The summed E-state index contributed by atoms with van der Waals surface area (Å²) in [4.78, 5) is 42.9. The topological polar surface area (TPSA) is 92.5 Å². The Hall–Kier alpha value is -2.22. The molecule has 2 aromatic rings. The zero-order valence-electron chi connectivity index (χ0n) is 12.9. The first-order chi connectivity index (χ1) is 10.9. The maximum Gasteiger partial charge on any atom is 0.306 e.